The molecule has 0 saturated heterocycles. The van der Waals surface area contributed by atoms with E-state index < -0.39 is 11.8 Å². The summed E-state index contributed by atoms with van der Waals surface area (Å²) in [7, 11) is 0. The lowest BCUT2D eigenvalue weighted by Crippen LogP contribution is -2.14. The number of anilines is 2. The molecule has 40 heavy (non-hydrogen) atoms. The lowest BCUT2D eigenvalue weighted by molar-refractivity contribution is 0.610. The molecule has 6 rings (SSSR count). The maximum Gasteiger partial charge on any atom is 0.123 e. The van der Waals surface area contributed by atoms with E-state index in [0.717, 1.165) is 12.8 Å². The van der Waals surface area contributed by atoms with Gasteiger partial charge in [-0.15, -0.1) is 5.10 Å². The van der Waals surface area contributed by atoms with E-state index in [1.807, 2.05) is 24.3 Å². The standard InChI is InChI=1S/C31H27ClFN7/c1-19(20-5-3-2-4-6-20)16-35-29-22(15-34)17-36-31-26(29)13-24(14-27(31)32)37-30(21-7-9-23(33)10-8-21)28-18-40(39-38-28)25-11-12-25/h2-10,13-14,17-19,25,30,37H,11-12,16H2,1H3,(H,35,36)/t19-,30-/m1/s1/i30D. The van der Waals surface area contributed by atoms with Crippen molar-refractivity contribution in [1.29, 1.82) is 5.26 Å². The number of rotatable bonds is 9. The highest BCUT2D eigenvalue weighted by molar-refractivity contribution is 6.35. The van der Waals surface area contributed by atoms with Crippen LogP contribution in [0.3, 0.4) is 0 Å². The Labute approximate surface area is 238 Å². The number of fused-ring (bicyclic) bond motifs is 1. The Morgan fingerprint density at radius 3 is 2.65 bits per heavy atom. The Morgan fingerprint density at radius 1 is 1.15 bits per heavy atom. The molecule has 1 saturated carbocycles. The Morgan fingerprint density at radius 2 is 1.93 bits per heavy atom. The number of nitrogens with one attached hydrogen (secondary N) is 2. The number of nitrogens with zero attached hydrogens (tertiary/aromatic N) is 5. The molecule has 0 aliphatic heterocycles. The number of hydrogen-bond donors (Lipinski definition) is 2. The molecule has 200 valence electrons. The molecule has 1 aliphatic rings. The first-order valence-corrected chi connectivity index (χ1v) is 13.5. The highest BCUT2D eigenvalue weighted by atomic mass is 35.5. The molecular weight excluding hydrogens is 525 g/mol. The lowest BCUT2D eigenvalue weighted by atomic mass is 10.0. The predicted molar refractivity (Wildman–Crippen MR) is 155 cm³/mol. The van der Waals surface area contributed by atoms with E-state index in [1.54, 1.807) is 29.1 Å². The average molecular weight is 553 g/mol. The van der Waals surface area contributed by atoms with Crippen LogP contribution in [0.4, 0.5) is 15.8 Å². The van der Waals surface area contributed by atoms with Gasteiger partial charge in [0, 0.05) is 23.8 Å². The van der Waals surface area contributed by atoms with Crippen LogP contribution in [0, 0.1) is 17.1 Å². The summed E-state index contributed by atoms with van der Waals surface area (Å²) in [4.78, 5) is 4.45. The van der Waals surface area contributed by atoms with Gasteiger partial charge in [0.2, 0.25) is 0 Å². The third-order valence-electron chi connectivity index (χ3n) is 7.09. The fraction of sp³-hybridized carbons (Fsp3) is 0.226. The number of aromatic nitrogens is 4. The summed E-state index contributed by atoms with van der Waals surface area (Å²) in [5.74, 6) is -0.224. The van der Waals surface area contributed by atoms with Crippen molar-refractivity contribution in [3.63, 3.8) is 0 Å². The molecule has 0 bridgehead atoms. The number of pyridine rings is 1. The van der Waals surface area contributed by atoms with Gasteiger partial charge in [0.25, 0.3) is 0 Å². The molecule has 5 aromatic rings. The predicted octanol–water partition coefficient (Wildman–Crippen LogP) is 7.24. The van der Waals surface area contributed by atoms with Crippen LogP contribution in [-0.2, 0) is 0 Å². The van der Waals surface area contributed by atoms with Crippen LogP contribution in [0.5, 0.6) is 0 Å². The second kappa shape index (κ2) is 10.9. The second-order valence-electron chi connectivity index (χ2n) is 10.0. The van der Waals surface area contributed by atoms with Crippen molar-refractivity contribution in [2.45, 2.75) is 37.7 Å². The Kier molecular flexibility index (Phi) is 6.72. The van der Waals surface area contributed by atoms with Gasteiger partial charge >= 0.3 is 0 Å². The maximum absolute atomic E-state index is 13.8. The molecule has 0 amide bonds. The first kappa shape index (κ1) is 24.6. The maximum atomic E-state index is 13.8. The zero-order valence-corrected chi connectivity index (χ0v) is 22.5. The molecule has 0 spiro atoms. The number of nitriles is 1. The third-order valence-corrected chi connectivity index (χ3v) is 7.38. The van der Waals surface area contributed by atoms with Crippen molar-refractivity contribution >= 4 is 33.9 Å². The second-order valence-corrected chi connectivity index (χ2v) is 10.4. The van der Waals surface area contributed by atoms with E-state index >= 15 is 0 Å². The Hall–Kier alpha value is -4.48. The highest BCUT2D eigenvalue weighted by Gasteiger charge is 2.27. The van der Waals surface area contributed by atoms with Crippen LogP contribution >= 0.6 is 11.6 Å². The molecule has 2 aromatic heterocycles. The van der Waals surface area contributed by atoms with E-state index in [1.165, 1.54) is 23.9 Å². The number of halogens is 2. The smallest absolute Gasteiger partial charge is 0.123 e. The molecule has 0 radical (unpaired) electrons. The summed E-state index contributed by atoms with van der Waals surface area (Å²) in [5.41, 5.74) is 4.07. The largest absolute Gasteiger partial charge is 0.383 e. The van der Waals surface area contributed by atoms with E-state index in [9.17, 15) is 11.0 Å². The van der Waals surface area contributed by atoms with Gasteiger partial charge in [0.05, 0.1) is 41.4 Å². The van der Waals surface area contributed by atoms with Gasteiger partial charge in [-0.1, -0.05) is 66.2 Å². The molecule has 1 fully saturated rings. The van der Waals surface area contributed by atoms with Crippen molar-refractivity contribution in [3.8, 4) is 6.07 Å². The third kappa shape index (κ3) is 5.33. The molecule has 7 nitrogen and oxygen atoms in total. The zero-order valence-electron chi connectivity index (χ0n) is 22.8. The van der Waals surface area contributed by atoms with Crippen LogP contribution < -0.4 is 10.6 Å². The number of hydrogen-bond acceptors (Lipinski definition) is 6. The van der Waals surface area contributed by atoms with Crippen molar-refractivity contribution in [2.24, 2.45) is 0 Å². The molecule has 1 aliphatic carbocycles. The SMILES string of the molecule is [2H][C@@](Nc1cc(Cl)c2ncc(C#N)c(NC[C@@H](C)c3ccccc3)c2c1)(c1ccc(F)cc1)c1cn(C2CC2)nn1. The molecule has 0 unspecified atom stereocenters. The van der Waals surface area contributed by atoms with Gasteiger partial charge in [0.15, 0.2) is 0 Å². The van der Waals surface area contributed by atoms with Gasteiger partial charge in [0.1, 0.15) is 17.6 Å². The van der Waals surface area contributed by atoms with Crippen molar-refractivity contribution in [1.82, 2.24) is 20.0 Å². The summed E-state index contributed by atoms with van der Waals surface area (Å²) in [5, 5.41) is 26.2. The first-order valence-electron chi connectivity index (χ1n) is 13.6. The monoisotopic (exact) mass is 552 g/mol. The summed E-state index contributed by atoms with van der Waals surface area (Å²) < 4.78 is 25.2. The molecule has 2 atom stereocenters. The molecule has 2 N–H and O–H groups in total. The van der Waals surface area contributed by atoms with E-state index in [4.69, 9.17) is 11.6 Å². The van der Waals surface area contributed by atoms with Crippen LogP contribution in [-0.4, -0.2) is 26.5 Å². The Balaban J connectivity index is 1.40. The summed E-state index contributed by atoms with van der Waals surface area (Å²) in [6, 6.07) is 20.3. The van der Waals surface area contributed by atoms with Crippen molar-refractivity contribution in [3.05, 3.63) is 112 Å². The summed E-state index contributed by atoms with van der Waals surface area (Å²) in [6.45, 7) is 2.69. The van der Waals surface area contributed by atoms with Crippen LogP contribution in [0.15, 0.2) is 79.1 Å². The normalized spacial score (nSPS) is 15.6. The highest BCUT2D eigenvalue weighted by Crippen LogP contribution is 2.37. The fourth-order valence-electron chi connectivity index (χ4n) is 4.72. The first-order chi connectivity index (χ1) is 19.9. The quantitative estimate of drug-likeness (QED) is 0.200. The Bertz CT molecular complexity index is 1750. The minimum absolute atomic E-state index is 0.177. The summed E-state index contributed by atoms with van der Waals surface area (Å²) in [6.07, 6.45) is 5.31. The minimum Gasteiger partial charge on any atom is -0.383 e. The van der Waals surface area contributed by atoms with Gasteiger partial charge in [-0.25, -0.2) is 9.07 Å². The number of benzene rings is 3. The molecule has 3 aromatic carbocycles. The molecule has 2 heterocycles. The van der Waals surface area contributed by atoms with Gasteiger partial charge in [-0.05, 0) is 54.2 Å². The average Bonchev–Trinajstić information content (AvgIpc) is 3.71. The van der Waals surface area contributed by atoms with Crippen LogP contribution in [0.25, 0.3) is 10.9 Å². The zero-order chi connectivity index (χ0) is 28.6. The topological polar surface area (TPSA) is 91.5 Å². The van der Waals surface area contributed by atoms with Gasteiger partial charge in [-0.2, -0.15) is 5.26 Å². The van der Waals surface area contributed by atoms with Crippen molar-refractivity contribution < 1.29 is 5.76 Å². The summed E-state index contributed by atoms with van der Waals surface area (Å²) >= 11 is 6.73. The van der Waals surface area contributed by atoms with E-state index in [0.29, 0.717) is 50.7 Å². The fourth-order valence-corrected chi connectivity index (χ4v) is 4.98. The lowest BCUT2D eigenvalue weighted by Gasteiger charge is -2.20. The van der Waals surface area contributed by atoms with E-state index in [-0.39, 0.29) is 12.0 Å². The minimum atomic E-state index is -1.60. The van der Waals surface area contributed by atoms with Crippen LogP contribution in [0.2, 0.25) is 5.02 Å². The molecular formula is C31H27ClFN7. The van der Waals surface area contributed by atoms with Crippen LogP contribution in [0.1, 0.15) is 61.5 Å². The molecule has 9 heteroatoms. The van der Waals surface area contributed by atoms with Gasteiger partial charge < -0.3 is 10.6 Å². The van der Waals surface area contributed by atoms with Gasteiger partial charge in [-0.3, -0.25) is 4.98 Å². The van der Waals surface area contributed by atoms with E-state index in [2.05, 4.69) is 51.1 Å². The van der Waals surface area contributed by atoms with Crippen molar-refractivity contribution in [2.75, 3.05) is 17.2 Å².